The molecular formula is C28H23Cl2N3O6S. The van der Waals surface area contributed by atoms with E-state index in [1.54, 1.807) is 46.9 Å². The molecule has 12 heteroatoms. The zero-order valence-corrected chi connectivity index (χ0v) is 23.5. The SMILES string of the molecule is COC(=O)[C@H](CNC(=O)c1cccs1)NC(=O)c1c(Cl)cc2c(c1Cl)CCN(C(=O)c1ccc3ccoc3c1)C2. The minimum absolute atomic E-state index is 0.00335. The number of methoxy groups -OCH3 is 1. The van der Waals surface area contributed by atoms with E-state index in [2.05, 4.69) is 10.6 Å². The number of hydrogen-bond acceptors (Lipinski definition) is 7. The molecule has 5 rings (SSSR count). The van der Waals surface area contributed by atoms with Gasteiger partial charge in [0.15, 0.2) is 0 Å². The van der Waals surface area contributed by atoms with Gasteiger partial charge in [-0.15, -0.1) is 11.3 Å². The molecule has 0 aliphatic carbocycles. The number of carbonyl (C=O) groups is 4. The Balaban J connectivity index is 1.31. The molecule has 3 heterocycles. The fourth-order valence-corrected chi connectivity index (χ4v) is 5.96. The number of nitrogens with zero attached hydrogens (tertiary/aromatic N) is 1. The number of carbonyl (C=O) groups excluding carboxylic acids is 4. The van der Waals surface area contributed by atoms with E-state index in [0.717, 1.165) is 10.9 Å². The second-order valence-corrected chi connectivity index (χ2v) is 10.8. The first-order chi connectivity index (χ1) is 19.3. The van der Waals surface area contributed by atoms with E-state index in [0.29, 0.717) is 34.6 Å². The van der Waals surface area contributed by atoms with Crippen LogP contribution >= 0.6 is 34.5 Å². The van der Waals surface area contributed by atoms with Crippen molar-refractivity contribution in [2.24, 2.45) is 0 Å². The summed E-state index contributed by atoms with van der Waals surface area (Å²) in [5.41, 5.74) is 2.55. The summed E-state index contributed by atoms with van der Waals surface area (Å²) in [5.74, 6) is -1.98. The Morgan fingerprint density at radius 3 is 2.70 bits per heavy atom. The van der Waals surface area contributed by atoms with E-state index >= 15 is 0 Å². The van der Waals surface area contributed by atoms with Gasteiger partial charge in [0.05, 0.1) is 33.9 Å². The van der Waals surface area contributed by atoms with Gasteiger partial charge in [-0.3, -0.25) is 14.4 Å². The standard InChI is InChI=1S/C28H23Cl2N3O6S/c1-38-28(37)20(13-31-25(34)22-3-2-10-40-22)32-26(35)23-19(29)11-17-14-33(8-6-18(17)24(23)30)27(36)16-5-4-15-7-9-39-21(15)12-16/h2-5,7,9-12,20H,6,8,13-14H2,1H3,(H,31,34)(H,32,35)/t20-/m0/s1. The topological polar surface area (TPSA) is 118 Å². The highest BCUT2D eigenvalue weighted by Crippen LogP contribution is 2.35. The summed E-state index contributed by atoms with van der Waals surface area (Å²) in [6, 6.07) is 10.9. The molecule has 1 atom stereocenters. The van der Waals surface area contributed by atoms with Gasteiger partial charge in [0.2, 0.25) is 0 Å². The van der Waals surface area contributed by atoms with Gasteiger partial charge in [-0.2, -0.15) is 0 Å². The van der Waals surface area contributed by atoms with Gasteiger partial charge in [-0.25, -0.2) is 4.79 Å². The van der Waals surface area contributed by atoms with E-state index in [-0.39, 0.29) is 40.5 Å². The average Bonchev–Trinajstić information content (AvgIpc) is 3.66. The number of halogens is 2. The molecule has 0 spiro atoms. The Bertz CT molecular complexity index is 1620. The van der Waals surface area contributed by atoms with Gasteiger partial charge < -0.3 is 24.7 Å². The number of furan rings is 1. The lowest BCUT2D eigenvalue weighted by Gasteiger charge is -2.30. The number of hydrogen-bond donors (Lipinski definition) is 2. The maximum atomic E-state index is 13.2. The van der Waals surface area contributed by atoms with Gasteiger partial charge in [-0.05, 0) is 53.3 Å². The summed E-state index contributed by atoms with van der Waals surface area (Å²) in [6.07, 6.45) is 1.97. The normalized spacial score (nSPS) is 13.4. The van der Waals surface area contributed by atoms with Crippen LogP contribution in [-0.4, -0.2) is 54.8 Å². The van der Waals surface area contributed by atoms with Gasteiger partial charge in [-0.1, -0.05) is 35.3 Å². The molecule has 3 amide bonds. The molecule has 2 aromatic carbocycles. The van der Waals surface area contributed by atoms with Crippen molar-refractivity contribution >= 4 is 69.2 Å². The van der Waals surface area contributed by atoms with Crippen molar-refractivity contribution in [3.63, 3.8) is 0 Å². The molecule has 1 aliphatic rings. The van der Waals surface area contributed by atoms with Crippen LogP contribution in [0.3, 0.4) is 0 Å². The van der Waals surface area contributed by atoms with Crippen LogP contribution in [0.2, 0.25) is 10.0 Å². The highest BCUT2D eigenvalue weighted by atomic mass is 35.5. The molecule has 2 N–H and O–H groups in total. The molecule has 0 fully saturated rings. The second-order valence-electron chi connectivity index (χ2n) is 9.07. The molecule has 1 aliphatic heterocycles. The minimum atomic E-state index is -1.18. The smallest absolute Gasteiger partial charge is 0.330 e. The fraction of sp³-hybridized carbons (Fsp3) is 0.214. The van der Waals surface area contributed by atoms with Crippen molar-refractivity contribution in [1.29, 1.82) is 0 Å². The lowest BCUT2D eigenvalue weighted by molar-refractivity contribution is -0.142. The first-order valence-electron chi connectivity index (χ1n) is 12.2. The van der Waals surface area contributed by atoms with Gasteiger partial charge in [0.25, 0.3) is 17.7 Å². The van der Waals surface area contributed by atoms with E-state index in [1.165, 1.54) is 18.4 Å². The maximum Gasteiger partial charge on any atom is 0.330 e. The molecule has 2 aromatic heterocycles. The van der Waals surface area contributed by atoms with Crippen molar-refractivity contribution in [3.8, 4) is 0 Å². The fourth-order valence-electron chi connectivity index (χ4n) is 4.56. The number of esters is 1. The number of thiophene rings is 1. The van der Waals surface area contributed by atoms with Crippen LogP contribution in [0.4, 0.5) is 0 Å². The Morgan fingerprint density at radius 2 is 1.95 bits per heavy atom. The lowest BCUT2D eigenvalue weighted by Crippen LogP contribution is -2.49. The summed E-state index contributed by atoms with van der Waals surface area (Å²) >= 11 is 14.4. The van der Waals surface area contributed by atoms with Crippen molar-refractivity contribution in [2.45, 2.75) is 19.0 Å². The first kappa shape index (κ1) is 27.7. The zero-order chi connectivity index (χ0) is 28.4. The minimum Gasteiger partial charge on any atom is -0.467 e. The molecule has 206 valence electrons. The van der Waals surface area contributed by atoms with Crippen LogP contribution in [0.15, 0.2) is 58.5 Å². The Kier molecular flexibility index (Phi) is 8.11. The summed E-state index contributed by atoms with van der Waals surface area (Å²) in [4.78, 5) is 53.3. The highest BCUT2D eigenvalue weighted by molar-refractivity contribution is 7.12. The molecule has 4 aromatic rings. The number of benzene rings is 2. The maximum absolute atomic E-state index is 13.2. The van der Waals surface area contributed by atoms with Crippen LogP contribution in [0.1, 0.15) is 41.5 Å². The summed E-state index contributed by atoms with van der Waals surface area (Å²) in [5, 5.41) is 8.06. The van der Waals surface area contributed by atoms with Crippen LogP contribution in [0.5, 0.6) is 0 Å². The number of rotatable bonds is 7. The lowest BCUT2D eigenvalue weighted by atomic mass is 9.96. The third-order valence-corrected chi connectivity index (χ3v) is 8.21. The average molecular weight is 600 g/mol. The predicted molar refractivity (Wildman–Crippen MR) is 151 cm³/mol. The predicted octanol–water partition coefficient (Wildman–Crippen LogP) is 4.70. The quantitative estimate of drug-likeness (QED) is 0.297. The zero-order valence-electron chi connectivity index (χ0n) is 21.2. The molecular weight excluding hydrogens is 577 g/mol. The largest absolute Gasteiger partial charge is 0.467 e. The van der Waals surface area contributed by atoms with Crippen molar-refractivity contribution < 1.29 is 28.3 Å². The van der Waals surface area contributed by atoms with Crippen LogP contribution in [0.25, 0.3) is 11.0 Å². The van der Waals surface area contributed by atoms with Crippen molar-refractivity contribution in [3.05, 3.63) is 91.3 Å². The van der Waals surface area contributed by atoms with E-state index in [9.17, 15) is 19.2 Å². The summed E-state index contributed by atoms with van der Waals surface area (Å²) < 4.78 is 10.2. The molecule has 0 radical (unpaired) electrons. The van der Waals surface area contributed by atoms with Gasteiger partial charge >= 0.3 is 5.97 Å². The molecule has 9 nitrogen and oxygen atoms in total. The monoisotopic (exact) mass is 599 g/mol. The van der Waals surface area contributed by atoms with Crippen LogP contribution < -0.4 is 10.6 Å². The highest BCUT2D eigenvalue weighted by Gasteiger charge is 2.30. The number of fused-ring (bicyclic) bond motifs is 2. The van der Waals surface area contributed by atoms with Crippen LogP contribution in [-0.2, 0) is 22.5 Å². The Labute approximate surface area is 243 Å². The van der Waals surface area contributed by atoms with Crippen molar-refractivity contribution in [2.75, 3.05) is 20.2 Å². The van der Waals surface area contributed by atoms with E-state index in [4.69, 9.17) is 32.4 Å². The second kappa shape index (κ2) is 11.7. The molecule has 0 bridgehead atoms. The molecule has 0 saturated carbocycles. The van der Waals surface area contributed by atoms with E-state index in [1.807, 2.05) is 12.1 Å². The summed E-state index contributed by atoms with van der Waals surface area (Å²) in [7, 11) is 1.18. The van der Waals surface area contributed by atoms with E-state index < -0.39 is 17.9 Å². The molecule has 0 unspecified atom stereocenters. The third-order valence-electron chi connectivity index (χ3n) is 6.62. The molecule has 0 saturated heterocycles. The third kappa shape index (κ3) is 5.56. The van der Waals surface area contributed by atoms with Crippen molar-refractivity contribution in [1.82, 2.24) is 15.5 Å². The number of nitrogens with one attached hydrogen (secondary N) is 2. The Hall–Kier alpha value is -3.86. The van der Waals surface area contributed by atoms with Gasteiger partial charge in [0, 0.05) is 30.6 Å². The number of ether oxygens (including phenoxy) is 1. The molecule has 40 heavy (non-hydrogen) atoms. The first-order valence-corrected chi connectivity index (χ1v) is 13.9. The summed E-state index contributed by atoms with van der Waals surface area (Å²) in [6.45, 7) is 0.436. The Morgan fingerprint density at radius 1 is 1.12 bits per heavy atom. The van der Waals surface area contributed by atoms with Gasteiger partial charge in [0.1, 0.15) is 11.6 Å². The number of amides is 3. The van der Waals surface area contributed by atoms with Crippen LogP contribution in [0, 0.1) is 0 Å².